The van der Waals surface area contributed by atoms with E-state index in [1.807, 2.05) is 19.1 Å². The van der Waals surface area contributed by atoms with E-state index in [0.717, 1.165) is 5.76 Å². The summed E-state index contributed by atoms with van der Waals surface area (Å²) in [5.41, 5.74) is 0. The van der Waals surface area contributed by atoms with Gasteiger partial charge in [0.25, 0.3) is 0 Å². The van der Waals surface area contributed by atoms with Crippen LogP contribution in [0, 0.1) is 0 Å². The first-order valence-corrected chi connectivity index (χ1v) is 3.66. The summed E-state index contributed by atoms with van der Waals surface area (Å²) in [7, 11) is 0. The number of hydrogen-bond acceptors (Lipinski definition) is 3. The van der Waals surface area contributed by atoms with E-state index in [9.17, 15) is 0 Å². The van der Waals surface area contributed by atoms with Gasteiger partial charge in [0.05, 0.1) is 6.26 Å². The van der Waals surface area contributed by atoms with Crippen molar-refractivity contribution >= 4 is 0 Å². The molecule has 0 spiro atoms. The number of ether oxygens (including phenoxy) is 1. The van der Waals surface area contributed by atoms with Crippen molar-refractivity contribution < 1.29 is 14.3 Å². The highest BCUT2D eigenvalue weighted by Crippen LogP contribution is 2.34. The van der Waals surface area contributed by atoms with Crippen LogP contribution in [0.3, 0.4) is 0 Å². The van der Waals surface area contributed by atoms with Gasteiger partial charge in [-0.3, -0.25) is 0 Å². The van der Waals surface area contributed by atoms with Gasteiger partial charge in [-0.1, -0.05) is 6.92 Å². The van der Waals surface area contributed by atoms with Gasteiger partial charge in [0.2, 0.25) is 0 Å². The standard InChI is InChI=1S/C8H10O3/c1-5(7-8(9)11-7)6-3-2-4-10-6/h2-5,7-9H,1H3. The number of hydrogen-bond donors (Lipinski definition) is 1. The molecule has 0 radical (unpaired) electrons. The Morgan fingerprint density at radius 2 is 2.36 bits per heavy atom. The molecule has 1 aliphatic heterocycles. The van der Waals surface area contributed by atoms with E-state index in [-0.39, 0.29) is 12.0 Å². The van der Waals surface area contributed by atoms with Gasteiger partial charge in [-0.25, -0.2) is 0 Å². The Balaban J connectivity index is 2.06. The third kappa shape index (κ3) is 1.17. The predicted octanol–water partition coefficient (Wildman–Crippen LogP) is 1.10. The van der Waals surface area contributed by atoms with Crippen LogP contribution in [0.15, 0.2) is 22.8 Å². The Morgan fingerprint density at radius 1 is 1.64 bits per heavy atom. The van der Waals surface area contributed by atoms with Crippen LogP contribution in [0.4, 0.5) is 0 Å². The van der Waals surface area contributed by atoms with E-state index in [1.54, 1.807) is 6.26 Å². The quantitative estimate of drug-likeness (QED) is 0.649. The lowest BCUT2D eigenvalue weighted by Crippen LogP contribution is -2.03. The first-order chi connectivity index (χ1) is 5.29. The van der Waals surface area contributed by atoms with Crippen molar-refractivity contribution in [3.63, 3.8) is 0 Å². The molecule has 0 aliphatic carbocycles. The molecule has 3 nitrogen and oxygen atoms in total. The minimum atomic E-state index is -0.588. The number of epoxide rings is 1. The molecule has 60 valence electrons. The normalized spacial score (nSPS) is 31.8. The maximum Gasteiger partial charge on any atom is 0.182 e. The Kier molecular flexibility index (Phi) is 1.47. The first kappa shape index (κ1) is 6.88. The molecule has 3 atom stereocenters. The second-order valence-electron chi connectivity index (χ2n) is 2.80. The summed E-state index contributed by atoms with van der Waals surface area (Å²) in [4.78, 5) is 0. The van der Waals surface area contributed by atoms with E-state index in [2.05, 4.69) is 0 Å². The zero-order chi connectivity index (χ0) is 7.84. The van der Waals surface area contributed by atoms with Gasteiger partial charge in [-0.05, 0) is 12.1 Å². The third-order valence-electron chi connectivity index (χ3n) is 1.99. The van der Waals surface area contributed by atoms with Crippen molar-refractivity contribution in [1.82, 2.24) is 0 Å². The summed E-state index contributed by atoms with van der Waals surface area (Å²) < 4.78 is 10.1. The number of furan rings is 1. The van der Waals surface area contributed by atoms with Crippen LogP contribution < -0.4 is 0 Å². The molecule has 3 unspecified atom stereocenters. The van der Waals surface area contributed by atoms with E-state index < -0.39 is 6.29 Å². The maximum absolute atomic E-state index is 8.93. The van der Waals surface area contributed by atoms with Crippen molar-refractivity contribution in [2.24, 2.45) is 0 Å². The largest absolute Gasteiger partial charge is 0.469 e. The van der Waals surface area contributed by atoms with Crippen molar-refractivity contribution in [1.29, 1.82) is 0 Å². The fourth-order valence-electron chi connectivity index (χ4n) is 1.19. The molecule has 1 fully saturated rings. The fourth-order valence-corrected chi connectivity index (χ4v) is 1.19. The van der Waals surface area contributed by atoms with Crippen molar-refractivity contribution in [3.05, 3.63) is 24.2 Å². The van der Waals surface area contributed by atoms with E-state index in [4.69, 9.17) is 14.3 Å². The summed E-state index contributed by atoms with van der Waals surface area (Å²) in [6.45, 7) is 1.97. The molecule has 2 rings (SSSR count). The summed E-state index contributed by atoms with van der Waals surface area (Å²) in [5, 5.41) is 8.93. The van der Waals surface area contributed by atoms with Crippen LogP contribution in [-0.2, 0) is 4.74 Å². The first-order valence-electron chi connectivity index (χ1n) is 3.66. The second kappa shape index (κ2) is 2.36. The molecule has 0 amide bonds. The van der Waals surface area contributed by atoms with Crippen LogP contribution >= 0.6 is 0 Å². The van der Waals surface area contributed by atoms with E-state index in [0.29, 0.717) is 0 Å². The van der Waals surface area contributed by atoms with Crippen LogP contribution in [0.25, 0.3) is 0 Å². The Hall–Kier alpha value is -0.800. The summed E-state index contributed by atoms with van der Waals surface area (Å²) in [6, 6.07) is 3.72. The van der Waals surface area contributed by atoms with Gasteiger partial charge in [0.15, 0.2) is 6.29 Å². The summed E-state index contributed by atoms with van der Waals surface area (Å²) in [5.74, 6) is 1.02. The van der Waals surface area contributed by atoms with Crippen LogP contribution in [0.1, 0.15) is 18.6 Å². The van der Waals surface area contributed by atoms with Crippen LogP contribution in [0.2, 0.25) is 0 Å². The highest BCUT2D eigenvalue weighted by molar-refractivity contribution is 5.09. The lowest BCUT2D eigenvalue weighted by atomic mass is 10.1. The van der Waals surface area contributed by atoms with Gasteiger partial charge in [-0.2, -0.15) is 0 Å². The molecular formula is C8H10O3. The minimum absolute atomic E-state index is 0.0684. The number of rotatable bonds is 2. The summed E-state index contributed by atoms with van der Waals surface area (Å²) >= 11 is 0. The lowest BCUT2D eigenvalue weighted by Gasteiger charge is -2.01. The van der Waals surface area contributed by atoms with Gasteiger partial charge >= 0.3 is 0 Å². The van der Waals surface area contributed by atoms with Crippen LogP contribution in [0.5, 0.6) is 0 Å². The topological polar surface area (TPSA) is 45.9 Å². The zero-order valence-electron chi connectivity index (χ0n) is 6.23. The molecule has 0 saturated carbocycles. The zero-order valence-corrected chi connectivity index (χ0v) is 6.23. The molecule has 0 bridgehead atoms. The highest BCUT2D eigenvalue weighted by atomic mass is 16.7. The smallest absolute Gasteiger partial charge is 0.182 e. The lowest BCUT2D eigenvalue weighted by molar-refractivity contribution is 0.155. The highest BCUT2D eigenvalue weighted by Gasteiger charge is 2.43. The van der Waals surface area contributed by atoms with Gasteiger partial charge in [0, 0.05) is 5.92 Å². The Morgan fingerprint density at radius 3 is 2.82 bits per heavy atom. The van der Waals surface area contributed by atoms with Crippen molar-refractivity contribution in [2.45, 2.75) is 25.2 Å². The predicted molar refractivity (Wildman–Crippen MR) is 38.0 cm³/mol. The molecular weight excluding hydrogens is 144 g/mol. The number of aliphatic hydroxyl groups excluding tert-OH is 1. The van der Waals surface area contributed by atoms with Crippen molar-refractivity contribution in [2.75, 3.05) is 0 Å². The third-order valence-corrected chi connectivity index (χ3v) is 1.99. The molecule has 1 aromatic heterocycles. The SMILES string of the molecule is CC(c1ccco1)C1OC1O. The van der Waals surface area contributed by atoms with Gasteiger partial charge < -0.3 is 14.3 Å². The molecule has 3 heteroatoms. The average molecular weight is 154 g/mol. The van der Waals surface area contributed by atoms with E-state index >= 15 is 0 Å². The molecule has 11 heavy (non-hydrogen) atoms. The Bertz CT molecular complexity index is 229. The second-order valence-corrected chi connectivity index (χ2v) is 2.80. The van der Waals surface area contributed by atoms with E-state index in [1.165, 1.54) is 0 Å². The molecule has 2 heterocycles. The monoisotopic (exact) mass is 154 g/mol. The minimum Gasteiger partial charge on any atom is -0.469 e. The van der Waals surface area contributed by atoms with Crippen LogP contribution in [-0.4, -0.2) is 17.5 Å². The summed E-state index contributed by atoms with van der Waals surface area (Å²) in [6.07, 6.45) is 0.969. The molecule has 1 saturated heterocycles. The molecule has 0 aromatic carbocycles. The maximum atomic E-state index is 8.93. The van der Waals surface area contributed by atoms with Gasteiger partial charge in [0.1, 0.15) is 11.9 Å². The number of aliphatic hydroxyl groups is 1. The fraction of sp³-hybridized carbons (Fsp3) is 0.500. The molecule has 1 N–H and O–H groups in total. The van der Waals surface area contributed by atoms with Crippen molar-refractivity contribution in [3.8, 4) is 0 Å². The average Bonchev–Trinajstić information content (AvgIpc) is 2.56. The molecule has 1 aliphatic rings. The van der Waals surface area contributed by atoms with Gasteiger partial charge in [-0.15, -0.1) is 0 Å². The Labute approximate surface area is 64.6 Å². The molecule has 1 aromatic rings.